The molecule has 19 heavy (non-hydrogen) atoms. The lowest BCUT2D eigenvalue weighted by molar-refractivity contribution is 0.0951. The predicted octanol–water partition coefficient (Wildman–Crippen LogP) is 3.20. The van der Waals surface area contributed by atoms with E-state index in [9.17, 15) is 4.79 Å². The van der Waals surface area contributed by atoms with Gasteiger partial charge >= 0.3 is 0 Å². The van der Waals surface area contributed by atoms with Gasteiger partial charge in [-0.1, -0.05) is 57.9 Å². The van der Waals surface area contributed by atoms with Gasteiger partial charge in [0.25, 0.3) is 5.91 Å². The molecule has 0 aliphatic heterocycles. The maximum absolute atomic E-state index is 11.2. The number of carbonyl (C=O) groups excluding carboxylic acids is 1. The molecule has 0 spiro atoms. The van der Waals surface area contributed by atoms with Gasteiger partial charge in [0.05, 0.1) is 0 Å². The molecule has 1 aromatic carbocycles. The van der Waals surface area contributed by atoms with Crippen molar-refractivity contribution in [1.82, 2.24) is 10.3 Å². The highest BCUT2D eigenvalue weighted by Gasteiger charge is 2.02. The third-order valence-electron chi connectivity index (χ3n) is 2.22. The van der Waals surface area contributed by atoms with Crippen molar-refractivity contribution < 1.29 is 4.79 Å². The van der Waals surface area contributed by atoms with E-state index < -0.39 is 0 Å². The summed E-state index contributed by atoms with van der Waals surface area (Å²) in [4.78, 5) is 15.1. The first-order chi connectivity index (χ1) is 9.24. The number of nitrogens with zero attached hydrogens (tertiary/aromatic N) is 1. The fourth-order valence-corrected chi connectivity index (χ4v) is 1.48. The van der Waals surface area contributed by atoms with Crippen molar-refractivity contribution >= 4 is 21.8 Å². The lowest BCUT2D eigenvalue weighted by Gasteiger charge is -2.00. The van der Waals surface area contributed by atoms with Crippen LogP contribution in [-0.4, -0.2) is 22.8 Å². The number of hydrogen-bond donors (Lipinski definition) is 1. The number of carbonyl (C=O) groups is 1. The number of amides is 1. The fraction of sp³-hybridized carbons (Fsp3) is 0.200. The number of aryl methyl sites for hydroxylation is 1. The first kappa shape index (κ1) is 15.4. The summed E-state index contributed by atoms with van der Waals surface area (Å²) < 4.78 is 0. The number of nitrogens with one attached hydrogen (secondary N) is 1. The van der Waals surface area contributed by atoms with Crippen LogP contribution in [0.4, 0.5) is 0 Å². The minimum Gasteiger partial charge on any atom is -0.350 e. The van der Waals surface area contributed by atoms with Crippen molar-refractivity contribution in [1.29, 1.82) is 0 Å². The highest BCUT2D eigenvalue weighted by atomic mass is 79.9. The SMILES string of the molecule is Cc1ccccc1.O=C(NCCBr)c1ccccn1. The van der Waals surface area contributed by atoms with Gasteiger partial charge in [-0.05, 0) is 19.1 Å². The number of halogens is 1. The Bertz CT molecular complexity index is 474. The molecule has 0 bridgehead atoms. The number of rotatable bonds is 3. The van der Waals surface area contributed by atoms with E-state index in [0.717, 1.165) is 5.33 Å². The van der Waals surface area contributed by atoms with E-state index in [-0.39, 0.29) is 5.91 Å². The summed E-state index contributed by atoms with van der Waals surface area (Å²) in [5.41, 5.74) is 1.78. The summed E-state index contributed by atoms with van der Waals surface area (Å²) >= 11 is 3.22. The minimum absolute atomic E-state index is 0.130. The van der Waals surface area contributed by atoms with Gasteiger partial charge < -0.3 is 5.32 Å². The van der Waals surface area contributed by atoms with Crippen molar-refractivity contribution in [3.05, 3.63) is 66.0 Å². The van der Waals surface area contributed by atoms with Crippen LogP contribution in [-0.2, 0) is 0 Å². The van der Waals surface area contributed by atoms with Crippen LogP contribution in [0.15, 0.2) is 54.7 Å². The molecule has 0 radical (unpaired) electrons. The zero-order valence-corrected chi connectivity index (χ0v) is 12.4. The number of alkyl halides is 1. The molecule has 0 atom stereocenters. The van der Waals surface area contributed by atoms with Gasteiger partial charge in [0.1, 0.15) is 5.69 Å². The number of hydrogen-bond acceptors (Lipinski definition) is 2. The second kappa shape index (κ2) is 9.28. The molecule has 1 N–H and O–H groups in total. The smallest absolute Gasteiger partial charge is 0.269 e. The van der Waals surface area contributed by atoms with Crippen molar-refractivity contribution in [2.75, 3.05) is 11.9 Å². The second-order valence-corrected chi connectivity index (χ2v) is 4.61. The summed E-state index contributed by atoms with van der Waals surface area (Å²) in [6.07, 6.45) is 1.60. The summed E-state index contributed by atoms with van der Waals surface area (Å²) in [5.74, 6) is -0.130. The molecule has 3 nitrogen and oxygen atoms in total. The highest BCUT2D eigenvalue weighted by Crippen LogP contribution is 1.92. The van der Waals surface area contributed by atoms with Crippen LogP contribution in [0.3, 0.4) is 0 Å². The maximum Gasteiger partial charge on any atom is 0.269 e. The van der Waals surface area contributed by atoms with Gasteiger partial charge in [-0.25, -0.2) is 0 Å². The van der Waals surface area contributed by atoms with E-state index in [1.807, 2.05) is 18.2 Å². The molecule has 1 heterocycles. The summed E-state index contributed by atoms with van der Waals surface area (Å²) in [5, 5.41) is 3.46. The third kappa shape index (κ3) is 6.72. The average molecular weight is 321 g/mol. The molecule has 1 amide bonds. The summed E-state index contributed by atoms with van der Waals surface area (Å²) in [6, 6.07) is 15.5. The van der Waals surface area contributed by atoms with Gasteiger partial charge in [0.2, 0.25) is 0 Å². The van der Waals surface area contributed by atoms with Gasteiger partial charge in [-0.2, -0.15) is 0 Å². The van der Waals surface area contributed by atoms with Gasteiger partial charge in [-0.3, -0.25) is 9.78 Å². The van der Waals surface area contributed by atoms with Crippen LogP contribution < -0.4 is 5.32 Å². The Morgan fingerprint density at radius 3 is 2.32 bits per heavy atom. The standard InChI is InChI=1S/C8H9BrN2O.C7H8/c9-4-6-11-8(12)7-3-1-2-5-10-7;1-7-5-3-2-4-6-7/h1-3,5H,4,6H2,(H,11,12);2-6H,1H3. The Labute approximate surface area is 122 Å². The van der Waals surface area contributed by atoms with Crippen molar-refractivity contribution in [3.8, 4) is 0 Å². The molecular formula is C15H17BrN2O. The molecular weight excluding hydrogens is 304 g/mol. The topological polar surface area (TPSA) is 42.0 Å². The third-order valence-corrected chi connectivity index (χ3v) is 2.61. The van der Waals surface area contributed by atoms with Crippen LogP contribution in [0.5, 0.6) is 0 Å². The van der Waals surface area contributed by atoms with E-state index in [4.69, 9.17) is 0 Å². The fourth-order valence-electron chi connectivity index (χ4n) is 1.28. The largest absolute Gasteiger partial charge is 0.350 e. The van der Waals surface area contributed by atoms with Gasteiger partial charge in [-0.15, -0.1) is 0 Å². The van der Waals surface area contributed by atoms with Crippen LogP contribution >= 0.6 is 15.9 Å². The zero-order valence-electron chi connectivity index (χ0n) is 10.8. The summed E-state index contributed by atoms with van der Waals surface area (Å²) in [6.45, 7) is 2.70. The zero-order chi connectivity index (χ0) is 13.9. The molecule has 0 saturated carbocycles. The molecule has 2 aromatic rings. The molecule has 0 aliphatic rings. The first-order valence-corrected chi connectivity index (χ1v) is 7.13. The molecule has 0 fully saturated rings. The molecule has 0 unspecified atom stereocenters. The highest BCUT2D eigenvalue weighted by molar-refractivity contribution is 9.09. The monoisotopic (exact) mass is 320 g/mol. The van der Waals surface area contributed by atoms with Crippen LogP contribution in [0.2, 0.25) is 0 Å². The minimum atomic E-state index is -0.130. The average Bonchev–Trinajstić information content (AvgIpc) is 2.47. The number of benzene rings is 1. The Morgan fingerprint density at radius 1 is 1.16 bits per heavy atom. The van der Waals surface area contributed by atoms with E-state index in [2.05, 4.69) is 45.3 Å². The van der Waals surface area contributed by atoms with Crippen molar-refractivity contribution in [2.45, 2.75) is 6.92 Å². The van der Waals surface area contributed by atoms with E-state index in [1.54, 1.807) is 24.4 Å². The molecule has 0 saturated heterocycles. The molecule has 0 aliphatic carbocycles. The Hall–Kier alpha value is -1.68. The normalized spacial score (nSPS) is 9.16. The van der Waals surface area contributed by atoms with Crippen molar-refractivity contribution in [2.24, 2.45) is 0 Å². The number of pyridine rings is 1. The van der Waals surface area contributed by atoms with E-state index in [0.29, 0.717) is 12.2 Å². The Morgan fingerprint density at radius 2 is 1.84 bits per heavy atom. The van der Waals surface area contributed by atoms with E-state index in [1.165, 1.54) is 5.56 Å². The molecule has 1 aromatic heterocycles. The van der Waals surface area contributed by atoms with Crippen LogP contribution in [0.1, 0.15) is 16.1 Å². The lowest BCUT2D eigenvalue weighted by atomic mass is 10.2. The molecule has 100 valence electrons. The second-order valence-electron chi connectivity index (χ2n) is 3.81. The van der Waals surface area contributed by atoms with Crippen LogP contribution in [0, 0.1) is 6.92 Å². The lowest BCUT2D eigenvalue weighted by Crippen LogP contribution is -2.25. The molecule has 4 heteroatoms. The van der Waals surface area contributed by atoms with Gasteiger partial charge in [0, 0.05) is 18.1 Å². The first-order valence-electron chi connectivity index (χ1n) is 6.01. The van der Waals surface area contributed by atoms with E-state index >= 15 is 0 Å². The summed E-state index contributed by atoms with van der Waals surface area (Å²) in [7, 11) is 0. The van der Waals surface area contributed by atoms with Crippen molar-refractivity contribution in [3.63, 3.8) is 0 Å². The maximum atomic E-state index is 11.2. The molecule has 2 rings (SSSR count). The van der Waals surface area contributed by atoms with Crippen LogP contribution in [0.25, 0.3) is 0 Å². The predicted molar refractivity (Wildman–Crippen MR) is 81.5 cm³/mol. The quantitative estimate of drug-likeness (QED) is 0.882. The Balaban J connectivity index is 0.000000218. The Kier molecular flexibility index (Phi) is 7.51. The number of aromatic nitrogens is 1. The van der Waals surface area contributed by atoms with Gasteiger partial charge in [0.15, 0.2) is 0 Å².